The first-order valence-electron chi connectivity index (χ1n) is 7.82. The Kier molecular flexibility index (Phi) is 4.11. The van der Waals surface area contributed by atoms with Gasteiger partial charge < -0.3 is 5.11 Å². The molecule has 0 heterocycles. The van der Waals surface area contributed by atoms with Crippen LogP contribution in [0.3, 0.4) is 0 Å². The van der Waals surface area contributed by atoms with Gasteiger partial charge in [-0.25, -0.2) is 0 Å². The molecule has 3 rings (SSSR count). The van der Waals surface area contributed by atoms with Gasteiger partial charge in [0.1, 0.15) is 11.4 Å². The fourth-order valence-corrected chi connectivity index (χ4v) is 2.79. The van der Waals surface area contributed by atoms with Crippen LogP contribution in [0.25, 0.3) is 10.8 Å². The highest BCUT2D eigenvalue weighted by Crippen LogP contribution is 2.36. The molecule has 3 aromatic rings. The normalized spacial score (nSPS) is 11.4. The van der Waals surface area contributed by atoms with Crippen molar-refractivity contribution in [2.45, 2.75) is 27.2 Å². The highest BCUT2D eigenvalue weighted by atomic mass is 16.3. The van der Waals surface area contributed by atoms with Gasteiger partial charge in [-0.2, -0.15) is 5.11 Å². The van der Waals surface area contributed by atoms with E-state index in [4.69, 9.17) is 0 Å². The van der Waals surface area contributed by atoms with Crippen LogP contribution in [-0.4, -0.2) is 5.11 Å². The summed E-state index contributed by atoms with van der Waals surface area (Å²) in [5.41, 5.74) is 5.12. The molecule has 0 aliphatic heterocycles. The second-order valence-electron chi connectivity index (χ2n) is 5.75. The molecule has 0 bridgehead atoms. The van der Waals surface area contributed by atoms with Crippen molar-refractivity contribution in [2.24, 2.45) is 10.2 Å². The molecular weight excluding hydrogens is 284 g/mol. The maximum atomic E-state index is 10.1. The Morgan fingerprint density at radius 2 is 1.74 bits per heavy atom. The topological polar surface area (TPSA) is 45.0 Å². The summed E-state index contributed by atoms with van der Waals surface area (Å²) in [6.07, 6.45) is 0.968. The Morgan fingerprint density at radius 3 is 2.52 bits per heavy atom. The molecule has 23 heavy (non-hydrogen) atoms. The van der Waals surface area contributed by atoms with Gasteiger partial charge in [0.25, 0.3) is 0 Å². The van der Waals surface area contributed by atoms with E-state index in [1.165, 1.54) is 16.7 Å². The van der Waals surface area contributed by atoms with Gasteiger partial charge >= 0.3 is 0 Å². The molecule has 1 N–H and O–H groups in total. The lowest BCUT2D eigenvalue weighted by atomic mass is 10.0. The molecule has 3 nitrogen and oxygen atoms in total. The molecule has 0 aliphatic carbocycles. The third-order valence-corrected chi connectivity index (χ3v) is 4.29. The number of rotatable bonds is 3. The number of azo groups is 1. The van der Waals surface area contributed by atoms with Crippen molar-refractivity contribution in [3.8, 4) is 5.75 Å². The number of hydrogen-bond acceptors (Lipinski definition) is 3. The van der Waals surface area contributed by atoms with Crippen LogP contribution in [0, 0.1) is 13.8 Å². The second kappa shape index (κ2) is 6.21. The maximum absolute atomic E-state index is 10.1. The predicted molar refractivity (Wildman–Crippen MR) is 95.1 cm³/mol. The van der Waals surface area contributed by atoms with Crippen LogP contribution in [0.2, 0.25) is 0 Å². The fourth-order valence-electron chi connectivity index (χ4n) is 2.79. The van der Waals surface area contributed by atoms with E-state index in [9.17, 15) is 5.11 Å². The van der Waals surface area contributed by atoms with Gasteiger partial charge in [-0.05, 0) is 60.5 Å². The van der Waals surface area contributed by atoms with Crippen LogP contribution >= 0.6 is 0 Å². The van der Waals surface area contributed by atoms with E-state index in [0.29, 0.717) is 5.69 Å². The lowest BCUT2D eigenvalue weighted by Gasteiger charge is -2.08. The van der Waals surface area contributed by atoms with Gasteiger partial charge in [0.05, 0.1) is 5.69 Å². The number of aromatic hydroxyl groups is 1. The molecule has 116 valence electrons. The Bertz CT molecular complexity index is 898. The molecule has 0 aromatic heterocycles. The van der Waals surface area contributed by atoms with Crippen molar-refractivity contribution in [1.82, 2.24) is 0 Å². The summed E-state index contributed by atoms with van der Waals surface area (Å²) in [6, 6.07) is 15.5. The van der Waals surface area contributed by atoms with Crippen LogP contribution in [0.1, 0.15) is 23.6 Å². The molecule has 0 radical (unpaired) electrons. The minimum absolute atomic E-state index is 0.145. The zero-order valence-corrected chi connectivity index (χ0v) is 13.7. The van der Waals surface area contributed by atoms with Gasteiger partial charge in [-0.15, -0.1) is 5.11 Å². The highest BCUT2D eigenvalue weighted by molar-refractivity contribution is 5.95. The quantitative estimate of drug-likeness (QED) is 0.580. The monoisotopic (exact) mass is 304 g/mol. The Labute approximate surface area is 136 Å². The van der Waals surface area contributed by atoms with Crippen LogP contribution in [-0.2, 0) is 6.42 Å². The third-order valence-electron chi connectivity index (χ3n) is 4.29. The molecule has 3 heteroatoms. The molecule has 0 aliphatic rings. The third kappa shape index (κ3) is 2.95. The summed E-state index contributed by atoms with van der Waals surface area (Å²) >= 11 is 0. The smallest absolute Gasteiger partial charge is 0.143 e. The average molecular weight is 304 g/mol. The van der Waals surface area contributed by atoms with Crippen molar-refractivity contribution in [2.75, 3.05) is 0 Å². The molecule has 0 saturated heterocycles. The fraction of sp³-hybridized carbons (Fsp3) is 0.200. The lowest BCUT2D eigenvalue weighted by Crippen LogP contribution is -1.89. The zero-order chi connectivity index (χ0) is 16.4. The summed E-state index contributed by atoms with van der Waals surface area (Å²) in [5.74, 6) is 0.145. The van der Waals surface area contributed by atoms with Crippen molar-refractivity contribution >= 4 is 22.1 Å². The van der Waals surface area contributed by atoms with E-state index < -0.39 is 0 Å². The van der Waals surface area contributed by atoms with Gasteiger partial charge in [-0.1, -0.05) is 37.3 Å². The van der Waals surface area contributed by atoms with Crippen molar-refractivity contribution in [1.29, 1.82) is 0 Å². The summed E-state index contributed by atoms with van der Waals surface area (Å²) in [5, 5.41) is 20.8. The standard InChI is InChI=1S/C20H20N2O/c1-4-15-12-17(11-13(2)14(15)3)21-22-20-18-8-6-5-7-16(18)9-10-19(20)23/h5-12,23H,4H2,1-3H3. The number of benzene rings is 3. The second-order valence-corrected chi connectivity index (χ2v) is 5.75. The van der Waals surface area contributed by atoms with E-state index in [-0.39, 0.29) is 5.75 Å². The SMILES string of the molecule is CCc1cc(N=Nc2c(O)ccc3ccccc23)cc(C)c1C. The van der Waals surface area contributed by atoms with E-state index in [1.807, 2.05) is 36.4 Å². The first kappa shape index (κ1) is 15.2. The maximum Gasteiger partial charge on any atom is 0.143 e. The van der Waals surface area contributed by atoms with E-state index in [2.05, 4.69) is 37.1 Å². The molecule has 0 amide bonds. The van der Waals surface area contributed by atoms with Crippen molar-refractivity contribution in [3.05, 3.63) is 65.2 Å². The number of nitrogens with zero attached hydrogens (tertiary/aromatic N) is 2. The van der Waals surface area contributed by atoms with Crippen LogP contribution < -0.4 is 0 Å². The lowest BCUT2D eigenvalue weighted by molar-refractivity contribution is 0.477. The van der Waals surface area contributed by atoms with Gasteiger partial charge in [-0.3, -0.25) is 0 Å². The van der Waals surface area contributed by atoms with Crippen molar-refractivity contribution in [3.63, 3.8) is 0 Å². The molecular formula is C20H20N2O. The molecule has 0 spiro atoms. The number of phenolic OH excluding ortho intramolecular Hbond substituents is 1. The van der Waals surface area contributed by atoms with Crippen molar-refractivity contribution < 1.29 is 5.11 Å². The van der Waals surface area contributed by atoms with E-state index >= 15 is 0 Å². The van der Waals surface area contributed by atoms with E-state index in [0.717, 1.165) is 22.9 Å². The number of fused-ring (bicyclic) bond motifs is 1. The summed E-state index contributed by atoms with van der Waals surface area (Å²) in [4.78, 5) is 0. The predicted octanol–water partition coefficient (Wildman–Crippen LogP) is 6.14. The van der Waals surface area contributed by atoms with Gasteiger partial charge in [0.15, 0.2) is 0 Å². The Morgan fingerprint density at radius 1 is 0.957 bits per heavy atom. The number of aryl methyl sites for hydroxylation is 2. The Hall–Kier alpha value is -2.68. The Balaban J connectivity index is 2.07. The first-order chi connectivity index (χ1) is 11.1. The van der Waals surface area contributed by atoms with Crippen LogP contribution in [0.5, 0.6) is 5.75 Å². The molecule has 0 atom stereocenters. The largest absolute Gasteiger partial charge is 0.506 e. The molecule has 0 saturated carbocycles. The minimum Gasteiger partial charge on any atom is -0.506 e. The van der Waals surface area contributed by atoms with Crippen LogP contribution in [0.15, 0.2) is 58.8 Å². The number of hydrogen-bond donors (Lipinski definition) is 1. The first-order valence-corrected chi connectivity index (χ1v) is 7.82. The molecule has 3 aromatic carbocycles. The zero-order valence-electron chi connectivity index (χ0n) is 13.7. The van der Waals surface area contributed by atoms with Crippen LogP contribution in [0.4, 0.5) is 11.4 Å². The minimum atomic E-state index is 0.145. The molecule has 0 unspecified atom stereocenters. The van der Waals surface area contributed by atoms with Gasteiger partial charge in [0, 0.05) is 5.39 Å². The summed E-state index contributed by atoms with van der Waals surface area (Å²) in [6.45, 7) is 6.35. The molecule has 0 fully saturated rings. The summed E-state index contributed by atoms with van der Waals surface area (Å²) < 4.78 is 0. The highest BCUT2D eigenvalue weighted by Gasteiger charge is 2.07. The average Bonchev–Trinajstić information content (AvgIpc) is 2.56. The van der Waals surface area contributed by atoms with Gasteiger partial charge in [0.2, 0.25) is 0 Å². The van der Waals surface area contributed by atoms with E-state index in [1.54, 1.807) is 6.07 Å². The summed E-state index contributed by atoms with van der Waals surface area (Å²) in [7, 11) is 0. The number of phenols is 1.